The first-order valence-electron chi connectivity index (χ1n) is 8.50. The van der Waals surface area contributed by atoms with Gasteiger partial charge >= 0.3 is 18.2 Å². The first kappa shape index (κ1) is 18.3. The predicted molar refractivity (Wildman–Crippen MR) is 80.8 cm³/mol. The van der Waals surface area contributed by atoms with Crippen molar-refractivity contribution in [1.29, 1.82) is 0 Å². The van der Waals surface area contributed by atoms with Crippen molar-refractivity contribution in [2.24, 2.45) is 23.2 Å². The van der Waals surface area contributed by atoms with E-state index in [1.54, 1.807) is 0 Å². The van der Waals surface area contributed by atoms with Gasteiger partial charge in [0.1, 0.15) is 0 Å². The Morgan fingerprint density at radius 3 is 2.52 bits per heavy atom. The molecule has 3 aliphatic rings. The first-order chi connectivity index (χ1) is 11.5. The highest BCUT2D eigenvalue weighted by atomic mass is 19.4. The van der Waals surface area contributed by atoms with Gasteiger partial charge in [0.05, 0.1) is 17.9 Å². The predicted octanol–water partition coefficient (Wildman–Crippen LogP) is 2.09. The monoisotopic (exact) mass is 364 g/mol. The van der Waals surface area contributed by atoms with Crippen molar-refractivity contribution < 1.29 is 32.6 Å². The number of rotatable bonds is 2. The number of carbonyl (C=O) groups is 2. The molecule has 5 atom stereocenters. The molecule has 2 aliphatic heterocycles. The fourth-order valence-electron chi connectivity index (χ4n) is 4.59. The molecule has 3 rings (SSSR count). The normalized spacial score (nSPS) is 37.2. The van der Waals surface area contributed by atoms with Crippen molar-refractivity contribution in [1.82, 2.24) is 10.2 Å². The van der Waals surface area contributed by atoms with Crippen molar-refractivity contribution in [2.45, 2.75) is 45.0 Å². The summed E-state index contributed by atoms with van der Waals surface area (Å²) in [5.41, 5.74) is -0.296. The van der Waals surface area contributed by atoms with Crippen LogP contribution in [0.1, 0.15) is 26.7 Å². The van der Waals surface area contributed by atoms with E-state index in [9.17, 15) is 22.8 Å². The Kier molecular flexibility index (Phi) is 4.41. The molecular formula is C16H23F3N2O4. The van der Waals surface area contributed by atoms with Gasteiger partial charge in [0, 0.05) is 37.1 Å². The Balaban J connectivity index is 1.67. The molecule has 0 aromatic rings. The molecule has 2 amide bonds. The van der Waals surface area contributed by atoms with Crippen LogP contribution in [0.25, 0.3) is 0 Å². The maximum atomic E-state index is 13.1. The standard InChI is InChI=1S/C16H23F3N2O4/c1-15(2)11(8-4-3-5-25-12(8)15)20-14(24)21-6-9(13(22)23)10(7-21)16(17,18)19/h8-12H,3-7H2,1-2H3,(H,20,24)(H,22,23)/t8?,9-,10-,11?,12?/m1/s1. The zero-order chi connectivity index (χ0) is 18.6. The number of hydrogen-bond acceptors (Lipinski definition) is 3. The molecule has 2 saturated heterocycles. The molecule has 3 unspecified atom stereocenters. The quantitative estimate of drug-likeness (QED) is 0.787. The Morgan fingerprint density at radius 1 is 1.28 bits per heavy atom. The van der Waals surface area contributed by atoms with E-state index in [1.165, 1.54) is 0 Å². The van der Waals surface area contributed by atoms with Crippen molar-refractivity contribution in [3.63, 3.8) is 0 Å². The van der Waals surface area contributed by atoms with Crippen molar-refractivity contribution in [3.8, 4) is 0 Å². The molecule has 0 aromatic carbocycles. The molecule has 0 aromatic heterocycles. The van der Waals surface area contributed by atoms with E-state index in [0.29, 0.717) is 6.61 Å². The van der Waals surface area contributed by atoms with Crippen LogP contribution >= 0.6 is 0 Å². The summed E-state index contributed by atoms with van der Waals surface area (Å²) in [6.45, 7) is 3.57. The van der Waals surface area contributed by atoms with E-state index in [1.807, 2.05) is 13.8 Å². The van der Waals surface area contributed by atoms with Crippen LogP contribution in [0.15, 0.2) is 0 Å². The van der Waals surface area contributed by atoms with E-state index >= 15 is 0 Å². The maximum absolute atomic E-state index is 13.1. The molecule has 0 bridgehead atoms. The third kappa shape index (κ3) is 3.07. The number of fused-ring (bicyclic) bond motifs is 1. The van der Waals surface area contributed by atoms with Gasteiger partial charge in [-0.05, 0) is 12.8 Å². The lowest BCUT2D eigenvalue weighted by Gasteiger charge is -2.59. The average Bonchev–Trinajstić information content (AvgIpc) is 2.98. The van der Waals surface area contributed by atoms with Crippen molar-refractivity contribution in [3.05, 3.63) is 0 Å². The number of nitrogens with zero attached hydrogens (tertiary/aromatic N) is 1. The number of urea groups is 1. The van der Waals surface area contributed by atoms with Gasteiger partial charge in [0.15, 0.2) is 0 Å². The maximum Gasteiger partial charge on any atom is 0.394 e. The average molecular weight is 364 g/mol. The van der Waals surface area contributed by atoms with Crippen LogP contribution in [-0.2, 0) is 9.53 Å². The van der Waals surface area contributed by atoms with E-state index < -0.39 is 43.1 Å². The lowest BCUT2D eigenvalue weighted by molar-refractivity contribution is -0.190. The largest absolute Gasteiger partial charge is 0.481 e. The molecule has 0 radical (unpaired) electrons. The number of aliphatic carboxylic acids is 1. The zero-order valence-corrected chi connectivity index (χ0v) is 14.2. The second-order valence-electron chi connectivity index (χ2n) is 7.84. The molecular weight excluding hydrogens is 341 g/mol. The SMILES string of the molecule is CC1(C)C(NC(=O)N2C[C@@H](C(F)(F)F)[C@H](C(=O)O)C2)C2CCCOC21. The summed E-state index contributed by atoms with van der Waals surface area (Å²) in [6.07, 6.45) is -2.80. The van der Waals surface area contributed by atoms with Gasteiger partial charge in [-0.3, -0.25) is 4.79 Å². The summed E-state index contributed by atoms with van der Waals surface area (Å²) in [5, 5.41) is 11.9. The fraction of sp³-hybridized carbons (Fsp3) is 0.875. The number of alkyl halides is 3. The molecule has 142 valence electrons. The molecule has 2 N–H and O–H groups in total. The minimum Gasteiger partial charge on any atom is -0.481 e. The highest BCUT2D eigenvalue weighted by Gasteiger charge is 2.59. The number of carboxylic acids is 1. The van der Waals surface area contributed by atoms with Crippen LogP contribution in [0.4, 0.5) is 18.0 Å². The van der Waals surface area contributed by atoms with Gasteiger partial charge in [-0.2, -0.15) is 13.2 Å². The lowest BCUT2D eigenvalue weighted by Crippen LogP contribution is -2.70. The van der Waals surface area contributed by atoms with E-state index in [-0.39, 0.29) is 23.5 Å². The molecule has 1 aliphatic carbocycles. The van der Waals surface area contributed by atoms with E-state index in [0.717, 1.165) is 17.7 Å². The summed E-state index contributed by atoms with van der Waals surface area (Å²) in [4.78, 5) is 24.6. The molecule has 0 spiro atoms. The number of carbonyl (C=O) groups excluding carboxylic acids is 1. The van der Waals surface area contributed by atoms with Gasteiger partial charge in [0.2, 0.25) is 0 Å². The van der Waals surface area contributed by atoms with Crippen LogP contribution in [0, 0.1) is 23.2 Å². The number of hydrogen-bond donors (Lipinski definition) is 2. The van der Waals surface area contributed by atoms with Crippen LogP contribution in [0.2, 0.25) is 0 Å². The molecule has 25 heavy (non-hydrogen) atoms. The van der Waals surface area contributed by atoms with Crippen LogP contribution in [0.3, 0.4) is 0 Å². The van der Waals surface area contributed by atoms with Gasteiger partial charge in [-0.1, -0.05) is 13.8 Å². The molecule has 3 fully saturated rings. The fourth-order valence-corrected chi connectivity index (χ4v) is 4.59. The number of carboxylic acid groups (broad SMARTS) is 1. The topological polar surface area (TPSA) is 78.9 Å². The Morgan fingerprint density at radius 2 is 1.96 bits per heavy atom. The molecule has 9 heteroatoms. The van der Waals surface area contributed by atoms with E-state index in [2.05, 4.69) is 5.32 Å². The van der Waals surface area contributed by atoms with Crippen LogP contribution in [-0.4, -0.2) is 60.0 Å². The number of likely N-dealkylation sites (tertiary alicyclic amines) is 1. The Labute approximate surface area is 143 Å². The third-order valence-electron chi connectivity index (χ3n) is 5.95. The highest BCUT2D eigenvalue weighted by Crippen LogP contribution is 2.51. The second-order valence-corrected chi connectivity index (χ2v) is 7.84. The van der Waals surface area contributed by atoms with Crippen molar-refractivity contribution in [2.75, 3.05) is 19.7 Å². The molecule has 2 heterocycles. The van der Waals surface area contributed by atoms with E-state index in [4.69, 9.17) is 9.84 Å². The van der Waals surface area contributed by atoms with Crippen LogP contribution < -0.4 is 5.32 Å². The van der Waals surface area contributed by atoms with Crippen LogP contribution in [0.5, 0.6) is 0 Å². The third-order valence-corrected chi connectivity index (χ3v) is 5.95. The first-order valence-corrected chi connectivity index (χ1v) is 8.50. The van der Waals surface area contributed by atoms with Gasteiger partial charge in [0.25, 0.3) is 0 Å². The lowest BCUT2D eigenvalue weighted by atomic mass is 9.55. The zero-order valence-electron chi connectivity index (χ0n) is 14.2. The minimum absolute atomic E-state index is 0.0415. The summed E-state index contributed by atoms with van der Waals surface area (Å²) in [5.74, 6) is -5.02. The second kappa shape index (κ2) is 6.03. The van der Waals surface area contributed by atoms with Gasteiger partial charge in [-0.25, -0.2) is 4.79 Å². The highest BCUT2D eigenvalue weighted by molar-refractivity contribution is 5.78. The summed E-state index contributed by atoms with van der Waals surface area (Å²) < 4.78 is 44.9. The minimum atomic E-state index is -4.64. The summed E-state index contributed by atoms with van der Waals surface area (Å²) in [6, 6.07) is -0.807. The summed E-state index contributed by atoms with van der Waals surface area (Å²) >= 11 is 0. The number of ether oxygens (including phenoxy) is 1. The molecule has 6 nitrogen and oxygen atoms in total. The smallest absolute Gasteiger partial charge is 0.394 e. The summed E-state index contributed by atoms with van der Waals surface area (Å²) in [7, 11) is 0. The number of amides is 2. The molecule has 1 saturated carbocycles. The number of halogens is 3. The number of nitrogens with one attached hydrogen (secondary N) is 1. The van der Waals surface area contributed by atoms with Crippen molar-refractivity contribution >= 4 is 12.0 Å². The Hall–Kier alpha value is -1.51. The van der Waals surface area contributed by atoms with Gasteiger partial charge in [-0.15, -0.1) is 0 Å². The van der Waals surface area contributed by atoms with Gasteiger partial charge < -0.3 is 20.1 Å². The Bertz CT molecular complexity index is 566.